The van der Waals surface area contributed by atoms with Gasteiger partial charge < -0.3 is 14.8 Å². The minimum absolute atomic E-state index is 0.00912. The molecule has 10 heteroatoms. The van der Waals surface area contributed by atoms with Crippen molar-refractivity contribution in [2.45, 2.75) is 11.1 Å². The smallest absolute Gasteiger partial charge is 0.340 e. The second kappa shape index (κ2) is 10.1. The van der Waals surface area contributed by atoms with Crippen molar-refractivity contribution >= 4 is 44.6 Å². The molecule has 0 aliphatic carbocycles. The standard InChI is InChI=1S/C21H20N2O6S2/c1-2-28-18-11-6-5-10-17(18)22-19(24)14-29-21(25)15-8-3-4-9-16(15)23-31(26,27)20-12-7-13-30-20/h3-13,23H,2,14H2,1H3,(H,22,24). The van der Waals surface area contributed by atoms with Crippen LogP contribution in [0.2, 0.25) is 0 Å². The van der Waals surface area contributed by atoms with E-state index in [0.29, 0.717) is 18.0 Å². The van der Waals surface area contributed by atoms with Crippen molar-refractivity contribution in [1.82, 2.24) is 0 Å². The molecular formula is C21H20N2O6S2. The Kier molecular flexibility index (Phi) is 7.27. The molecule has 1 aromatic heterocycles. The molecule has 0 saturated carbocycles. The molecule has 8 nitrogen and oxygen atoms in total. The molecule has 0 saturated heterocycles. The number of carbonyl (C=O) groups is 2. The van der Waals surface area contributed by atoms with E-state index in [2.05, 4.69) is 10.0 Å². The fourth-order valence-electron chi connectivity index (χ4n) is 2.61. The molecule has 0 aliphatic heterocycles. The molecule has 2 aromatic carbocycles. The van der Waals surface area contributed by atoms with Gasteiger partial charge in [0.15, 0.2) is 6.61 Å². The maximum absolute atomic E-state index is 12.5. The largest absolute Gasteiger partial charge is 0.492 e. The first-order chi connectivity index (χ1) is 14.9. The van der Waals surface area contributed by atoms with E-state index in [1.807, 2.05) is 6.92 Å². The summed E-state index contributed by atoms with van der Waals surface area (Å²) in [5.41, 5.74) is 0.502. The first kappa shape index (κ1) is 22.3. The maximum atomic E-state index is 12.5. The lowest BCUT2D eigenvalue weighted by Crippen LogP contribution is -2.22. The van der Waals surface area contributed by atoms with Crippen molar-refractivity contribution in [2.75, 3.05) is 23.3 Å². The van der Waals surface area contributed by atoms with Crippen LogP contribution < -0.4 is 14.8 Å². The number of benzene rings is 2. The molecule has 0 fully saturated rings. The summed E-state index contributed by atoms with van der Waals surface area (Å²) in [6.45, 7) is 1.70. The highest BCUT2D eigenvalue weighted by atomic mass is 32.2. The summed E-state index contributed by atoms with van der Waals surface area (Å²) < 4.78 is 37.9. The lowest BCUT2D eigenvalue weighted by Gasteiger charge is -2.13. The number of hydrogen-bond acceptors (Lipinski definition) is 7. The molecule has 2 N–H and O–H groups in total. The van der Waals surface area contributed by atoms with Crippen LogP contribution in [0.5, 0.6) is 5.75 Å². The van der Waals surface area contributed by atoms with Crippen LogP contribution >= 0.6 is 11.3 Å². The van der Waals surface area contributed by atoms with Crippen molar-refractivity contribution in [2.24, 2.45) is 0 Å². The molecule has 0 radical (unpaired) electrons. The Hall–Kier alpha value is -3.37. The van der Waals surface area contributed by atoms with Crippen LogP contribution in [0.15, 0.2) is 70.3 Å². The number of hydrogen-bond donors (Lipinski definition) is 2. The Morgan fingerprint density at radius 3 is 2.39 bits per heavy atom. The summed E-state index contributed by atoms with van der Waals surface area (Å²) in [6, 6.07) is 16.0. The zero-order chi connectivity index (χ0) is 22.3. The molecule has 0 bridgehead atoms. The van der Waals surface area contributed by atoms with Gasteiger partial charge in [0.05, 0.1) is 23.5 Å². The number of anilines is 2. The van der Waals surface area contributed by atoms with E-state index in [4.69, 9.17) is 9.47 Å². The van der Waals surface area contributed by atoms with Crippen molar-refractivity contribution in [3.63, 3.8) is 0 Å². The molecule has 31 heavy (non-hydrogen) atoms. The Morgan fingerprint density at radius 2 is 1.68 bits per heavy atom. The predicted octanol–water partition coefficient (Wildman–Crippen LogP) is 3.74. The highest BCUT2D eigenvalue weighted by Crippen LogP contribution is 2.25. The predicted molar refractivity (Wildman–Crippen MR) is 118 cm³/mol. The molecule has 0 unspecified atom stereocenters. The second-order valence-corrected chi connectivity index (χ2v) is 8.99. The molecule has 3 rings (SSSR count). The Balaban J connectivity index is 1.66. The molecule has 162 valence electrons. The van der Waals surface area contributed by atoms with Gasteiger partial charge in [-0.1, -0.05) is 30.3 Å². The van der Waals surface area contributed by atoms with Crippen LogP contribution in [0.1, 0.15) is 17.3 Å². The number of carbonyl (C=O) groups excluding carboxylic acids is 2. The van der Waals surface area contributed by atoms with Gasteiger partial charge in [0.25, 0.3) is 15.9 Å². The minimum Gasteiger partial charge on any atom is -0.492 e. The molecular weight excluding hydrogens is 440 g/mol. The number of rotatable bonds is 9. The van der Waals surface area contributed by atoms with Crippen molar-refractivity contribution < 1.29 is 27.5 Å². The summed E-state index contributed by atoms with van der Waals surface area (Å²) in [5, 5.41) is 4.26. The van der Waals surface area contributed by atoms with E-state index in [1.54, 1.807) is 47.8 Å². The van der Waals surface area contributed by atoms with Gasteiger partial charge in [0.2, 0.25) is 0 Å². The van der Waals surface area contributed by atoms with Crippen LogP contribution in [0.3, 0.4) is 0 Å². The van der Waals surface area contributed by atoms with Crippen LogP contribution in [0.25, 0.3) is 0 Å². The summed E-state index contributed by atoms with van der Waals surface area (Å²) in [6.07, 6.45) is 0. The van der Waals surface area contributed by atoms with Gasteiger partial charge in [-0.3, -0.25) is 9.52 Å². The van der Waals surface area contributed by atoms with Crippen molar-refractivity contribution in [3.8, 4) is 5.75 Å². The highest BCUT2D eigenvalue weighted by Gasteiger charge is 2.20. The number of sulfonamides is 1. The molecule has 0 aliphatic rings. The minimum atomic E-state index is -3.84. The summed E-state index contributed by atoms with van der Waals surface area (Å²) in [5.74, 6) is -0.895. The zero-order valence-electron chi connectivity index (χ0n) is 16.5. The average molecular weight is 461 g/mol. The summed E-state index contributed by atoms with van der Waals surface area (Å²) in [7, 11) is -3.84. The number of para-hydroxylation sites is 3. The first-order valence-electron chi connectivity index (χ1n) is 9.25. The highest BCUT2D eigenvalue weighted by molar-refractivity contribution is 7.94. The third kappa shape index (κ3) is 5.83. The van der Waals surface area contributed by atoms with Crippen LogP contribution in [0.4, 0.5) is 11.4 Å². The fraction of sp³-hybridized carbons (Fsp3) is 0.143. The van der Waals surface area contributed by atoms with Gasteiger partial charge in [-0.2, -0.15) is 0 Å². The number of esters is 1. The molecule has 0 atom stereocenters. The molecule has 3 aromatic rings. The molecule has 0 spiro atoms. The third-order valence-corrected chi connectivity index (χ3v) is 6.71. The monoisotopic (exact) mass is 460 g/mol. The number of thiophene rings is 1. The van der Waals surface area contributed by atoms with Crippen LogP contribution in [-0.2, 0) is 19.6 Å². The van der Waals surface area contributed by atoms with E-state index in [0.717, 1.165) is 11.3 Å². The number of amides is 1. The number of nitrogens with one attached hydrogen (secondary N) is 2. The van der Waals surface area contributed by atoms with E-state index in [9.17, 15) is 18.0 Å². The van der Waals surface area contributed by atoms with Crippen molar-refractivity contribution in [3.05, 3.63) is 71.6 Å². The lowest BCUT2D eigenvalue weighted by molar-refractivity contribution is -0.119. The van der Waals surface area contributed by atoms with Crippen molar-refractivity contribution in [1.29, 1.82) is 0 Å². The van der Waals surface area contributed by atoms with E-state index in [1.165, 1.54) is 18.2 Å². The Bertz CT molecular complexity index is 1160. The Labute approximate surface area is 183 Å². The normalized spacial score (nSPS) is 10.9. The van der Waals surface area contributed by atoms with Gasteiger partial charge in [-0.15, -0.1) is 11.3 Å². The van der Waals surface area contributed by atoms with Gasteiger partial charge in [-0.05, 0) is 42.6 Å². The quantitative estimate of drug-likeness (QED) is 0.471. The van der Waals surface area contributed by atoms with E-state index >= 15 is 0 Å². The lowest BCUT2D eigenvalue weighted by atomic mass is 10.2. The fourth-order valence-corrected chi connectivity index (χ4v) is 4.68. The molecule has 1 heterocycles. The average Bonchev–Trinajstić information content (AvgIpc) is 3.30. The van der Waals surface area contributed by atoms with Crippen LogP contribution in [0, 0.1) is 0 Å². The van der Waals surface area contributed by atoms with E-state index in [-0.39, 0.29) is 15.5 Å². The van der Waals surface area contributed by atoms with Gasteiger partial charge >= 0.3 is 5.97 Å². The maximum Gasteiger partial charge on any atom is 0.340 e. The number of ether oxygens (including phenoxy) is 2. The summed E-state index contributed by atoms with van der Waals surface area (Å²) in [4.78, 5) is 24.7. The summed E-state index contributed by atoms with van der Waals surface area (Å²) >= 11 is 1.05. The zero-order valence-corrected chi connectivity index (χ0v) is 18.2. The Morgan fingerprint density at radius 1 is 0.968 bits per heavy atom. The van der Waals surface area contributed by atoms with Gasteiger partial charge in [0.1, 0.15) is 9.96 Å². The third-order valence-electron chi connectivity index (χ3n) is 3.95. The van der Waals surface area contributed by atoms with E-state index < -0.39 is 28.5 Å². The second-order valence-electron chi connectivity index (χ2n) is 6.14. The van der Waals surface area contributed by atoms with Gasteiger partial charge in [0, 0.05) is 0 Å². The molecule has 1 amide bonds. The van der Waals surface area contributed by atoms with Crippen LogP contribution in [-0.4, -0.2) is 33.5 Å². The van der Waals surface area contributed by atoms with Gasteiger partial charge in [-0.25, -0.2) is 13.2 Å². The topological polar surface area (TPSA) is 111 Å². The SMILES string of the molecule is CCOc1ccccc1NC(=O)COC(=O)c1ccccc1NS(=O)(=O)c1cccs1. The first-order valence-corrected chi connectivity index (χ1v) is 11.6.